The number of nitrogen functional groups attached to an aromatic ring is 1. The Kier molecular flexibility index (Phi) is 2.68. The summed E-state index contributed by atoms with van der Waals surface area (Å²) in [6, 6.07) is 5.28. The second kappa shape index (κ2) is 4.36. The van der Waals surface area contributed by atoms with Crippen molar-refractivity contribution in [3.63, 3.8) is 0 Å². The van der Waals surface area contributed by atoms with Crippen LogP contribution >= 0.6 is 0 Å². The Morgan fingerprint density at radius 3 is 2.84 bits per heavy atom. The summed E-state index contributed by atoms with van der Waals surface area (Å²) < 4.78 is 24.1. The summed E-state index contributed by atoms with van der Waals surface area (Å²) in [6.45, 7) is 1.74. The van der Waals surface area contributed by atoms with Crippen LogP contribution in [0.2, 0.25) is 0 Å². The molecule has 3 N–H and O–H groups in total. The van der Waals surface area contributed by atoms with E-state index in [2.05, 4.69) is 15.4 Å². The number of ether oxygens (including phenoxy) is 2. The highest BCUT2D eigenvalue weighted by Gasteiger charge is 2.17. The molecular weight excluding hydrogens is 251 g/mol. The van der Waals surface area contributed by atoms with Gasteiger partial charge in [0.25, 0.3) is 0 Å². The van der Waals surface area contributed by atoms with Crippen LogP contribution in [0, 0.1) is 12.7 Å². The third kappa shape index (κ3) is 1.93. The van der Waals surface area contributed by atoms with Crippen molar-refractivity contribution in [3.8, 4) is 22.9 Å². The van der Waals surface area contributed by atoms with Gasteiger partial charge in [-0.25, -0.2) is 20.2 Å². The standard InChI is InChI=1S/C12H11FN4O2/c1-6-10(13)12(17-14)16-11(15-6)7-2-3-8-9(4-7)19-5-18-8/h2-4H,5,14H2,1H3,(H,15,16,17). The minimum absolute atomic E-state index is 0.0415. The lowest BCUT2D eigenvalue weighted by molar-refractivity contribution is 0.174. The number of nitrogens with zero attached hydrogens (tertiary/aromatic N) is 2. The summed E-state index contributed by atoms with van der Waals surface area (Å²) in [6.07, 6.45) is 0. The molecule has 0 radical (unpaired) electrons. The molecule has 1 aliphatic rings. The van der Waals surface area contributed by atoms with Crippen LogP contribution < -0.4 is 20.7 Å². The molecule has 2 aromatic rings. The molecule has 0 saturated carbocycles. The first-order valence-electron chi connectivity index (χ1n) is 5.60. The Balaban J connectivity index is 2.09. The van der Waals surface area contributed by atoms with Crippen molar-refractivity contribution >= 4 is 5.82 Å². The van der Waals surface area contributed by atoms with E-state index in [1.807, 2.05) is 0 Å². The summed E-state index contributed by atoms with van der Waals surface area (Å²) in [4.78, 5) is 8.13. The molecule has 0 atom stereocenters. The Morgan fingerprint density at radius 1 is 1.26 bits per heavy atom. The molecule has 0 spiro atoms. The molecule has 7 heteroatoms. The normalized spacial score (nSPS) is 12.6. The number of halogens is 1. The lowest BCUT2D eigenvalue weighted by Crippen LogP contribution is -2.13. The number of anilines is 1. The number of hydrogen-bond donors (Lipinski definition) is 2. The first-order chi connectivity index (χ1) is 9.19. The average molecular weight is 262 g/mol. The van der Waals surface area contributed by atoms with Crippen molar-refractivity contribution < 1.29 is 13.9 Å². The van der Waals surface area contributed by atoms with E-state index >= 15 is 0 Å². The molecule has 0 fully saturated rings. The highest BCUT2D eigenvalue weighted by atomic mass is 19.1. The van der Waals surface area contributed by atoms with Gasteiger partial charge in [-0.1, -0.05) is 0 Å². The molecule has 0 saturated heterocycles. The first-order valence-corrected chi connectivity index (χ1v) is 5.60. The molecule has 1 aliphatic heterocycles. The maximum absolute atomic E-state index is 13.6. The van der Waals surface area contributed by atoms with Crippen LogP contribution in [0.1, 0.15) is 5.69 Å². The van der Waals surface area contributed by atoms with Gasteiger partial charge < -0.3 is 14.9 Å². The number of nitrogens with two attached hydrogens (primary N) is 1. The highest BCUT2D eigenvalue weighted by molar-refractivity contribution is 5.63. The van der Waals surface area contributed by atoms with Crippen LogP contribution in [-0.4, -0.2) is 16.8 Å². The van der Waals surface area contributed by atoms with Crippen molar-refractivity contribution in [1.82, 2.24) is 9.97 Å². The van der Waals surface area contributed by atoms with E-state index in [4.69, 9.17) is 15.3 Å². The van der Waals surface area contributed by atoms with Gasteiger partial charge in [0.05, 0.1) is 5.69 Å². The number of nitrogens with one attached hydrogen (secondary N) is 1. The summed E-state index contributed by atoms with van der Waals surface area (Å²) in [5, 5.41) is 0. The van der Waals surface area contributed by atoms with Crippen LogP contribution in [0.4, 0.5) is 10.2 Å². The van der Waals surface area contributed by atoms with Gasteiger partial charge in [0.2, 0.25) is 6.79 Å². The van der Waals surface area contributed by atoms with Crippen molar-refractivity contribution in [1.29, 1.82) is 0 Å². The molecule has 2 heterocycles. The lowest BCUT2D eigenvalue weighted by atomic mass is 10.2. The zero-order valence-electron chi connectivity index (χ0n) is 10.1. The fourth-order valence-corrected chi connectivity index (χ4v) is 1.82. The topological polar surface area (TPSA) is 82.3 Å². The van der Waals surface area contributed by atoms with Gasteiger partial charge in [-0.05, 0) is 25.1 Å². The molecule has 0 amide bonds. The van der Waals surface area contributed by atoms with E-state index in [0.717, 1.165) is 0 Å². The van der Waals surface area contributed by atoms with E-state index in [-0.39, 0.29) is 18.3 Å². The van der Waals surface area contributed by atoms with E-state index in [1.165, 1.54) is 0 Å². The van der Waals surface area contributed by atoms with Crippen LogP contribution in [0.25, 0.3) is 11.4 Å². The molecule has 1 aromatic carbocycles. The van der Waals surface area contributed by atoms with Gasteiger partial charge >= 0.3 is 0 Å². The molecule has 3 rings (SSSR count). The zero-order valence-corrected chi connectivity index (χ0v) is 10.1. The first kappa shape index (κ1) is 11.7. The largest absolute Gasteiger partial charge is 0.454 e. The number of aryl methyl sites for hydroxylation is 1. The number of hydrogen-bond acceptors (Lipinski definition) is 6. The van der Waals surface area contributed by atoms with Crippen molar-refractivity contribution in [2.24, 2.45) is 5.84 Å². The molecule has 0 aliphatic carbocycles. The Bertz CT molecular complexity index is 648. The van der Waals surface area contributed by atoms with E-state index in [9.17, 15) is 4.39 Å². The number of fused-ring (bicyclic) bond motifs is 1. The average Bonchev–Trinajstić information content (AvgIpc) is 2.89. The Labute approximate surface area is 108 Å². The molecule has 0 bridgehead atoms. The second-order valence-electron chi connectivity index (χ2n) is 4.01. The third-order valence-corrected chi connectivity index (χ3v) is 2.78. The second-order valence-corrected chi connectivity index (χ2v) is 4.01. The summed E-state index contributed by atoms with van der Waals surface area (Å²) in [5.74, 6) is 6.28. The third-order valence-electron chi connectivity index (χ3n) is 2.78. The van der Waals surface area contributed by atoms with Gasteiger partial charge in [0.1, 0.15) is 0 Å². The quantitative estimate of drug-likeness (QED) is 0.632. The van der Waals surface area contributed by atoms with Crippen molar-refractivity contribution in [2.45, 2.75) is 6.92 Å². The minimum Gasteiger partial charge on any atom is -0.454 e. The monoisotopic (exact) mass is 262 g/mol. The lowest BCUT2D eigenvalue weighted by Gasteiger charge is -2.07. The van der Waals surface area contributed by atoms with E-state index < -0.39 is 5.82 Å². The summed E-state index contributed by atoms with van der Waals surface area (Å²) in [7, 11) is 0. The molecule has 19 heavy (non-hydrogen) atoms. The Morgan fingerprint density at radius 2 is 2.05 bits per heavy atom. The highest BCUT2D eigenvalue weighted by Crippen LogP contribution is 2.35. The fraction of sp³-hybridized carbons (Fsp3) is 0.167. The van der Waals surface area contributed by atoms with Gasteiger partial charge in [-0.15, -0.1) is 0 Å². The molecule has 6 nitrogen and oxygen atoms in total. The zero-order chi connectivity index (χ0) is 13.4. The smallest absolute Gasteiger partial charge is 0.231 e. The maximum Gasteiger partial charge on any atom is 0.231 e. The fourth-order valence-electron chi connectivity index (χ4n) is 1.82. The van der Waals surface area contributed by atoms with Crippen molar-refractivity contribution in [3.05, 3.63) is 29.7 Å². The molecular formula is C12H11FN4O2. The van der Waals surface area contributed by atoms with Crippen molar-refractivity contribution in [2.75, 3.05) is 12.2 Å². The van der Waals surface area contributed by atoms with E-state index in [1.54, 1.807) is 25.1 Å². The van der Waals surface area contributed by atoms with E-state index in [0.29, 0.717) is 22.9 Å². The maximum atomic E-state index is 13.6. The molecule has 0 unspecified atom stereocenters. The van der Waals surface area contributed by atoms with Gasteiger partial charge in [0, 0.05) is 5.56 Å². The van der Waals surface area contributed by atoms with Crippen LogP contribution in [0.15, 0.2) is 18.2 Å². The van der Waals surface area contributed by atoms with Gasteiger partial charge in [-0.3, -0.25) is 0 Å². The van der Waals surface area contributed by atoms with Gasteiger partial charge in [0.15, 0.2) is 29.0 Å². The van der Waals surface area contributed by atoms with Crippen LogP contribution in [0.3, 0.4) is 0 Å². The molecule has 1 aromatic heterocycles. The summed E-state index contributed by atoms with van der Waals surface area (Å²) in [5.41, 5.74) is 3.13. The minimum atomic E-state index is -0.563. The van der Waals surface area contributed by atoms with Crippen LogP contribution in [-0.2, 0) is 0 Å². The number of aromatic nitrogens is 2. The number of benzene rings is 1. The SMILES string of the molecule is Cc1nc(-c2ccc3c(c2)OCO3)nc(NN)c1F. The number of hydrazine groups is 1. The number of rotatable bonds is 2. The molecule has 98 valence electrons. The Hall–Kier alpha value is -2.41. The summed E-state index contributed by atoms with van der Waals surface area (Å²) >= 11 is 0. The predicted molar refractivity (Wildman–Crippen MR) is 66.1 cm³/mol. The predicted octanol–water partition coefficient (Wildman–Crippen LogP) is 1.61. The van der Waals surface area contributed by atoms with Crippen LogP contribution in [0.5, 0.6) is 11.5 Å². The van der Waals surface area contributed by atoms with Gasteiger partial charge in [-0.2, -0.15) is 0 Å².